The number of hydrogen-bond donors (Lipinski definition) is 1. The molecular weight excluding hydrogens is 276 g/mol. The van der Waals surface area contributed by atoms with Crippen LogP contribution in [0.4, 0.5) is 0 Å². The molecule has 110 valence electrons. The number of carbonyl (C=O) groups excluding carboxylic acids is 3. The molecule has 8 heteroatoms. The lowest BCUT2D eigenvalue weighted by Gasteiger charge is -2.08. The van der Waals surface area contributed by atoms with E-state index in [9.17, 15) is 14.4 Å². The molecule has 2 rings (SSSR count). The Morgan fingerprint density at radius 2 is 2.00 bits per heavy atom. The number of nitrogens with one attached hydrogen (secondary N) is 1. The van der Waals surface area contributed by atoms with Crippen molar-refractivity contribution in [3.05, 3.63) is 29.2 Å². The van der Waals surface area contributed by atoms with Crippen molar-refractivity contribution in [3.8, 4) is 0 Å². The Kier molecular flexibility index (Phi) is 3.97. The Morgan fingerprint density at radius 1 is 1.29 bits per heavy atom. The lowest BCUT2D eigenvalue weighted by molar-refractivity contribution is 0.0512. The first kappa shape index (κ1) is 14.6. The van der Waals surface area contributed by atoms with Crippen LogP contribution in [0.5, 0.6) is 0 Å². The number of fused-ring (bicyclic) bond motifs is 1. The first-order chi connectivity index (χ1) is 10.0. The van der Waals surface area contributed by atoms with Crippen LogP contribution in [0.15, 0.2) is 12.4 Å². The number of carbonyl (C=O) groups is 3. The van der Waals surface area contributed by atoms with E-state index in [0.717, 1.165) is 4.52 Å². The Labute approximate surface area is 120 Å². The molecule has 2 aromatic rings. The van der Waals surface area contributed by atoms with Crippen molar-refractivity contribution in [2.45, 2.75) is 13.8 Å². The second-order valence-corrected chi connectivity index (χ2v) is 4.17. The van der Waals surface area contributed by atoms with Crippen molar-refractivity contribution in [1.82, 2.24) is 19.9 Å². The second kappa shape index (κ2) is 5.70. The van der Waals surface area contributed by atoms with Gasteiger partial charge in [-0.1, -0.05) is 0 Å². The number of nitrogens with zero attached hydrogens (tertiary/aromatic N) is 3. The lowest BCUT2D eigenvalue weighted by atomic mass is 10.1. The molecule has 0 aliphatic rings. The lowest BCUT2D eigenvalue weighted by Crippen LogP contribution is -2.20. The van der Waals surface area contributed by atoms with Gasteiger partial charge >= 0.3 is 5.97 Å². The second-order valence-electron chi connectivity index (χ2n) is 4.17. The molecule has 2 aromatic heterocycles. The van der Waals surface area contributed by atoms with Gasteiger partial charge in [0.1, 0.15) is 5.56 Å². The van der Waals surface area contributed by atoms with E-state index < -0.39 is 5.97 Å². The highest BCUT2D eigenvalue weighted by molar-refractivity contribution is 6.05. The number of esters is 1. The van der Waals surface area contributed by atoms with Crippen molar-refractivity contribution in [2.75, 3.05) is 13.7 Å². The van der Waals surface area contributed by atoms with Crippen LogP contribution in [-0.2, 0) is 4.74 Å². The summed E-state index contributed by atoms with van der Waals surface area (Å²) in [6.45, 7) is 3.13. The van der Waals surface area contributed by atoms with E-state index in [1.54, 1.807) is 6.92 Å². The quantitative estimate of drug-likeness (QED) is 0.648. The third kappa shape index (κ3) is 2.47. The predicted octanol–water partition coefficient (Wildman–Crippen LogP) is 0.468. The Morgan fingerprint density at radius 3 is 2.57 bits per heavy atom. The summed E-state index contributed by atoms with van der Waals surface area (Å²) in [6.07, 6.45) is 2.53. The molecule has 0 saturated carbocycles. The van der Waals surface area contributed by atoms with Gasteiger partial charge in [-0.15, -0.1) is 0 Å². The van der Waals surface area contributed by atoms with E-state index in [0.29, 0.717) is 0 Å². The van der Waals surface area contributed by atoms with Gasteiger partial charge in [-0.3, -0.25) is 9.59 Å². The molecule has 0 spiro atoms. The smallest absolute Gasteiger partial charge is 0.357 e. The molecule has 0 fully saturated rings. The van der Waals surface area contributed by atoms with E-state index in [4.69, 9.17) is 4.74 Å². The van der Waals surface area contributed by atoms with E-state index in [1.807, 2.05) is 0 Å². The summed E-state index contributed by atoms with van der Waals surface area (Å²) in [5.74, 6) is -1.42. The van der Waals surface area contributed by atoms with Crippen LogP contribution < -0.4 is 5.32 Å². The molecule has 1 N–H and O–H groups in total. The van der Waals surface area contributed by atoms with Crippen LogP contribution in [0.25, 0.3) is 5.65 Å². The van der Waals surface area contributed by atoms with Crippen LogP contribution in [0, 0.1) is 0 Å². The zero-order valence-corrected chi connectivity index (χ0v) is 11.8. The minimum absolute atomic E-state index is 0.0375. The Bertz CT molecular complexity index is 735. The fourth-order valence-electron chi connectivity index (χ4n) is 1.88. The highest BCUT2D eigenvalue weighted by Crippen LogP contribution is 2.16. The highest BCUT2D eigenvalue weighted by Gasteiger charge is 2.24. The molecule has 2 heterocycles. The van der Waals surface area contributed by atoms with Gasteiger partial charge in [0, 0.05) is 13.2 Å². The SMILES string of the molecule is CCOC(=O)c1c(C(C)=O)cnc2c(C(=O)NC)cnn12. The van der Waals surface area contributed by atoms with Crippen molar-refractivity contribution < 1.29 is 19.1 Å². The average molecular weight is 290 g/mol. The van der Waals surface area contributed by atoms with Crippen LogP contribution in [0.3, 0.4) is 0 Å². The Balaban J connectivity index is 2.74. The molecule has 0 unspecified atom stereocenters. The minimum atomic E-state index is -0.693. The molecule has 0 aliphatic heterocycles. The summed E-state index contributed by atoms with van der Waals surface area (Å²) in [4.78, 5) is 39.5. The average Bonchev–Trinajstić information content (AvgIpc) is 2.89. The van der Waals surface area contributed by atoms with Crippen LogP contribution in [0.1, 0.15) is 45.1 Å². The maximum absolute atomic E-state index is 12.1. The molecule has 0 bridgehead atoms. The van der Waals surface area contributed by atoms with Crippen LogP contribution in [-0.4, -0.2) is 45.9 Å². The summed E-state index contributed by atoms with van der Waals surface area (Å²) >= 11 is 0. The van der Waals surface area contributed by atoms with Crippen molar-refractivity contribution in [1.29, 1.82) is 0 Å². The molecular formula is C13H14N4O4. The van der Waals surface area contributed by atoms with Gasteiger partial charge in [0.25, 0.3) is 5.91 Å². The van der Waals surface area contributed by atoms with Gasteiger partial charge in [-0.2, -0.15) is 5.10 Å². The van der Waals surface area contributed by atoms with E-state index in [2.05, 4.69) is 15.4 Å². The number of rotatable bonds is 4. The summed E-state index contributed by atoms with van der Waals surface area (Å²) in [6, 6.07) is 0. The van der Waals surface area contributed by atoms with Crippen molar-refractivity contribution >= 4 is 23.3 Å². The molecule has 0 atom stereocenters. The maximum Gasteiger partial charge on any atom is 0.357 e. The van der Waals surface area contributed by atoms with Crippen LogP contribution in [0.2, 0.25) is 0 Å². The maximum atomic E-state index is 12.1. The highest BCUT2D eigenvalue weighted by atomic mass is 16.5. The van der Waals surface area contributed by atoms with Crippen LogP contribution >= 0.6 is 0 Å². The van der Waals surface area contributed by atoms with Gasteiger partial charge in [0.05, 0.1) is 18.4 Å². The number of aromatic nitrogens is 3. The third-order valence-electron chi connectivity index (χ3n) is 2.85. The molecule has 0 aromatic carbocycles. The number of ketones is 1. The number of ether oxygens (including phenoxy) is 1. The largest absolute Gasteiger partial charge is 0.461 e. The minimum Gasteiger partial charge on any atom is -0.461 e. The summed E-state index contributed by atoms with van der Waals surface area (Å²) in [7, 11) is 1.47. The van der Waals surface area contributed by atoms with Crippen molar-refractivity contribution in [3.63, 3.8) is 0 Å². The third-order valence-corrected chi connectivity index (χ3v) is 2.85. The van der Waals surface area contributed by atoms with E-state index in [1.165, 1.54) is 26.4 Å². The molecule has 0 radical (unpaired) electrons. The number of hydrogen-bond acceptors (Lipinski definition) is 6. The zero-order chi connectivity index (χ0) is 15.6. The van der Waals surface area contributed by atoms with E-state index >= 15 is 0 Å². The van der Waals surface area contributed by atoms with Gasteiger partial charge in [-0.05, 0) is 13.8 Å². The fraction of sp³-hybridized carbons (Fsp3) is 0.308. The summed E-state index contributed by atoms with van der Waals surface area (Å²) in [5.41, 5.74) is 0.442. The number of amides is 1. The van der Waals surface area contributed by atoms with Gasteiger partial charge in [-0.25, -0.2) is 14.3 Å². The van der Waals surface area contributed by atoms with Gasteiger partial charge < -0.3 is 10.1 Å². The zero-order valence-electron chi connectivity index (χ0n) is 11.8. The first-order valence-electron chi connectivity index (χ1n) is 6.28. The van der Waals surface area contributed by atoms with Gasteiger partial charge in [0.2, 0.25) is 0 Å². The monoisotopic (exact) mass is 290 g/mol. The normalized spacial score (nSPS) is 10.4. The first-order valence-corrected chi connectivity index (χ1v) is 6.28. The van der Waals surface area contributed by atoms with Gasteiger partial charge in [0.15, 0.2) is 17.1 Å². The Hall–Kier alpha value is -2.77. The standard InChI is InChI=1S/C13H14N4O4/c1-4-21-13(20)10-8(7(2)18)5-15-11-9(12(19)14-3)6-16-17(10)11/h5-6H,4H2,1-3H3,(H,14,19). The number of Topliss-reactive ketones (excluding diaryl/α,β-unsaturated/α-hetero) is 1. The van der Waals surface area contributed by atoms with E-state index in [-0.39, 0.29) is 40.8 Å². The summed E-state index contributed by atoms with van der Waals surface area (Å²) in [5, 5.41) is 6.43. The topological polar surface area (TPSA) is 103 Å². The fourth-order valence-corrected chi connectivity index (χ4v) is 1.88. The van der Waals surface area contributed by atoms with Crippen molar-refractivity contribution in [2.24, 2.45) is 0 Å². The molecule has 0 aliphatic carbocycles. The summed E-state index contributed by atoms with van der Waals surface area (Å²) < 4.78 is 6.09. The molecule has 1 amide bonds. The predicted molar refractivity (Wildman–Crippen MR) is 72.3 cm³/mol. The molecule has 21 heavy (non-hydrogen) atoms. The molecule has 8 nitrogen and oxygen atoms in total. The molecule has 0 saturated heterocycles.